The van der Waals surface area contributed by atoms with E-state index in [9.17, 15) is 4.79 Å². The molecule has 29 heavy (non-hydrogen) atoms. The third kappa shape index (κ3) is 4.36. The molecule has 0 saturated carbocycles. The van der Waals surface area contributed by atoms with E-state index in [0.717, 1.165) is 30.9 Å². The van der Waals surface area contributed by atoms with E-state index in [-0.39, 0.29) is 11.9 Å². The maximum absolute atomic E-state index is 12.6. The molecule has 2 unspecified atom stereocenters. The van der Waals surface area contributed by atoms with Gasteiger partial charge < -0.3 is 14.8 Å². The van der Waals surface area contributed by atoms with Gasteiger partial charge in [-0.15, -0.1) is 0 Å². The molecule has 2 fully saturated rings. The summed E-state index contributed by atoms with van der Waals surface area (Å²) in [6.07, 6.45) is 4.31. The SMILES string of the molecule is COc1ccc(CN2C3CCC2CC(NC(=O)c2ccc(Cl)cc2)C3)c(OC)c1. The van der Waals surface area contributed by atoms with Crippen LogP contribution < -0.4 is 14.8 Å². The molecule has 2 atom stereocenters. The van der Waals surface area contributed by atoms with E-state index in [1.54, 1.807) is 38.5 Å². The number of nitrogens with zero attached hydrogens (tertiary/aromatic N) is 1. The summed E-state index contributed by atoms with van der Waals surface area (Å²) in [5, 5.41) is 3.87. The minimum Gasteiger partial charge on any atom is -0.497 e. The summed E-state index contributed by atoms with van der Waals surface area (Å²) in [5.41, 5.74) is 1.83. The van der Waals surface area contributed by atoms with Gasteiger partial charge in [-0.3, -0.25) is 9.69 Å². The van der Waals surface area contributed by atoms with Crippen molar-refractivity contribution in [2.24, 2.45) is 0 Å². The second-order valence-electron chi connectivity index (χ2n) is 7.88. The van der Waals surface area contributed by atoms with Crippen molar-refractivity contribution in [2.75, 3.05) is 14.2 Å². The highest BCUT2D eigenvalue weighted by Crippen LogP contribution is 2.38. The monoisotopic (exact) mass is 414 g/mol. The van der Waals surface area contributed by atoms with Gasteiger partial charge in [-0.05, 0) is 56.0 Å². The van der Waals surface area contributed by atoms with Crippen molar-refractivity contribution in [3.8, 4) is 11.5 Å². The van der Waals surface area contributed by atoms with Crippen LogP contribution >= 0.6 is 11.6 Å². The first kappa shape index (κ1) is 20.0. The molecule has 154 valence electrons. The lowest BCUT2D eigenvalue weighted by Crippen LogP contribution is -2.50. The number of piperidine rings is 1. The summed E-state index contributed by atoms with van der Waals surface area (Å²) in [7, 11) is 3.36. The predicted molar refractivity (Wildman–Crippen MR) is 114 cm³/mol. The number of rotatable bonds is 6. The van der Waals surface area contributed by atoms with Crippen LogP contribution in [0.15, 0.2) is 42.5 Å². The summed E-state index contributed by atoms with van der Waals surface area (Å²) in [6.45, 7) is 0.861. The van der Waals surface area contributed by atoms with Gasteiger partial charge in [0, 0.05) is 46.9 Å². The van der Waals surface area contributed by atoms with E-state index in [0.29, 0.717) is 22.7 Å². The van der Waals surface area contributed by atoms with Gasteiger partial charge in [-0.2, -0.15) is 0 Å². The first-order valence-electron chi connectivity index (χ1n) is 10.1. The van der Waals surface area contributed by atoms with Gasteiger partial charge in [-0.1, -0.05) is 17.7 Å². The molecule has 2 aromatic rings. The van der Waals surface area contributed by atoms with E-state index in [1.807, 2.05) is 12.1 Å². The molecule has 5 nitrogen and oxygen atoms in total. The number of fused-ring (bicyclic) bond motifs is 2. The molecule has 2 aliphatic heterocycles. The Morgan fingerprint density at radius 1 is 1.07 bits per heavy atom. The van der Waals surface area contributed by atoms with Crippen molar-refractivity contribution in [2.45, 2.75) is 50.4 Å². The summed E-state index contributed by atoms with van der Waals surface area (Å²) >= 11 is 5.92. The van der Waals surface area contributed by atoms with E-state index < -0.39 is 0 Å². The summed E-state index contributed by atoms with van der Waals surface area (Å²) in [4.78, 5) is 15.2. The van der Waals surface area contributed by atoms with Crippen LogP contribution in [0.2, 0.25) is 5.02 Å². The van der Waals surface area contributed by atoms with Gasteiger partial charge in [0.25, 0.3) is 5.91 Å². The number of nitrogens with one attached hydrogen (secondary N) is 1. The first-order chi connectivity index (χ1) is 14.1. The zero-order valence-corrected chi connectivity index (χ0v) is 17.6. The molecule has 2 aliphatic rings. The molecule has 2 bridgehead atoms. The molecular formula is C23H27ClN2O3. The smallest absolute Gasteiger partial charge is 0.251 e. The summed E-state index contributed by atoms with van der Waals surface area (Å²) in [6, 6.07) is 14.3. The molecule has 2 saturated heterocycles. The molecular weight excluding hydrogens is 388 g/mol. The highest BCUT2D eigenvalue weighted by atomic mass is 35.5. The molecule has 2 aromatic carbocycles. The Kier molecular flexibility index (Phi) is 5.97. The standard InChI is InChI=1S/C23H27ClN2O3/c1-28-21-10-5-16(22(13-21)29-2)14-26-19-8-9-20(26)12-18(11-19)25-23(27)15-3-6-17(24)7-4-15/h3-7,10,13,18-20H,8-9,11-12,14H2,1-2H3,(H,25,27). The number of ether oxygens (including phenoxy) is 2. The maximum Gasteiger partial charge on any atom is 0.251 e. The molecule has 0 aromatic heterocycles. The topological polar surface area (TPSA) is 50.8 Å². The van der Waals surface area contributed by atoms with Gasteiger partial charge in [0.2, 0.25) is 0 Å². The number of amides is 1. The first-order valence-corrected chi connectivity index (χ1v) is 10.5. The largest absolute Gasteiger partial charge is 0.497 e. The molecule has 1 amide bonds. The fourth-order valence-corrected chi connectivity index (χ4v) is 4.83. The number of carbonyl (C=O) groups excluding carboxylic acids is 1. The van der Waals surface area contributed by atoms with Crippen molar-refractivity contribution in [3.63, 3.8) is 0 Å². The fourth-order valence-electron chi connectivity index (χ4n) is 4.70. The Hall–Kier alpha value is -2.24. The lowest BCUT2D eigenvalue weighted by molar-refractivity contribution is 0.0826. The Labute approximate surface area is 176 Å². The van der Waals surface area contributed by atoms with Gasteiger partial charge in [0.05, 0.1) is 14.2 Å². The Balaban J connectivity index is 1.40. The minimum atomic E-state index is -0.0173. The van der Waals surface area contributed by atoms with Crippen LogP contribution in [0, 0.1) is 0 Å². The van der Waals surface area contributed by atoms with Gasteiger partial charge in [0.15, 0.2) is 0 Å². The van der Waals surface area contributed by atoms with Crippen molar-refractivity contribution in [1.82, 2.24) is 10.2 Å². The number of methoxy groups -OCH3 is 2. The van der Waals surface area contributed by atoms with Crippen molar-refractivity contribution in [1.29, 1.82) is 0 Å². The lowest BCUT2D eigenvalue weighted by Gasteiger charge is -2.39. The second kappa shape index (κ2) is 8.64. The molecule has 2 heterocycles. The van der Waals surface area contributed by atoms with Crippen LogP contribution in [0.25, 0.3) is 0 Å². The zero-order chi connectivity index (χ0) is 20.4. The molecule has 4 rings (SSSR count). The third-order valence-electron chi connectivity index (χ3n) is 6.17. The minimum absolute atomic E-state index is 0.0173. The normalized spacial score (nSPS) is 23.6. The van der Waals surface area contributed by atoms with E-state index >= 15 is 0 Å². The number of hydrogen-bond acceptors (Lipinski definition) is 4. The van der Waals surface area contributed by atoms with Crippen LogP contribution in [0.5, 0.6) is 11.5 Å². The maximum atomic E-state index is 12.6. The van der Waals surface area contributed by atoms with E-state index in [4.69, 9.17) is 21.1 Å². The van der Waals surface area contributed by atoms with Crippen molar-refractivity contribution >= 4 is 17.5 Å². The number of benzene rings is 2. The Morgan fingerprint density at radius 2 is 1.76 bits per heavy atom. The Morgan fingerprint density at radius 3 is 2.38 bits per heavy atom. The quantitative estimate of drug-likeness (QED) is 0.766. The number of carbonyl (C=O) groups is 1. The fraction of sp³-hybridized carbons (Fsp3) is 0.435. The molecule has 0 radical (unpaired) electrons. The van der Waals surface area contributed by atoms with Gasteiger partial charge >= 0.3 is 0 Å². The van der Waals surface area contributed by atoms with Gasteiger partial charge in [0.1, 0.15) is 11.5 Å². The average molecular weight is 415 g/mol. The Bertz CT molecular complexity index is 857. The van der Waals surface area contributed by atoms with E-state index in [1.165, 1.54) is 18.4 Å². The molecule has 6 heteroatoms. The summed E-state index contributed by atoms with van der Waals surface area (Å²) in [5.74, 6) is 1.65. The molecule has 1 N–H and O–H groups in total. The van der Waals surface area contributed by atoms with Crippen LogP contribution in [0.1, 0.15) is 41.6 Å². The average Bonchev–Trinajstić information content (AvgIpc) is 2.96. The third-order valence-corrected chi connectivity index (χ3v) is 6.43. The van der Waals surface area contributed by atoms with Crippen LogP contribution in [0.3, 0.4) is 0 Å². The second-order valence-corrected chi connectivity index (χ2v) is 8.32. The van der Waals surface area contributed by atoms with Crippen molar-refractivity contribution in [3.05, 3.63) is 58.6 Å². The zero-order valence-electron chi connectivity index (χ0n) is 16.9. The number of halogens is 1. The predicted octanol–water partition coefficient (Wildman–Crippen LogP) is 4.28. The van der Waals surface area contributed by atoms with Crippen LogP contribution in [-0.2, 0) is 6.54 Å². The number of hydrogen-bond donors (Lipinski definition) is 1. The van der Waals surface area contributed by atoms with E-state index in [2.05, 4.69) is 16.3 Å². The van der Waals surface area contributed by atoms with Crippen LogP contribution in [0.4, 0.5) is 0 Å². The van der Waals surface area contributed by atoms with Crippen LogP contribution in [-0.4, -0.2) is 43.2 Å². The summed E-state index contributed by atoms with van der Waals surface area (Å²) < 4.78 is 10.9. The highest BCUT2D eigenvalue weighted by molar-refractivity contribution is 6.30. The molecule has 0 aliphatic carbocycles. The lowest BCUT2D eigenvalue weighted by atomic mass is 9.96. The highest BCUT2D eigenvalue weighted by Gasteiger charge is 2.41. The van der Waals surface area contributed by atoms with Crippen molar-refractivity contribution < 1.29 is 14.3 Å². The molecule has 0 spiro atoms. The van der Waals surface area contributed by atoms with Gasteiger partial charge in [-0.25, -0.2) is 0 Å².